The zero-order valence-corrected chi connectivity index (χ0v) is 17.0. The second-order valence-electron chi connectivity index (χ2n) is 7.71. The highest BCUT2D eigenvalue weighted by atomic mass is 19.1. The van der Waals surface area contributed by atoms with Crippen LogP contribution in [0.15, 0.2) is 58.3 Å². The zero-order chi connectivity index (χ0) is 21.8. The van der Waals surface area contributed by atoms with Gasteiger partial charge >= 0.3 is 5.69 Å². The average Bonchev–Trinajstić information content (AvgIpc) is 2.92. The quantitative estimate of drug-likeness (QED) is 0.645. The van der Waals surface area contributed by atoms with Crippen molar-refractivity contribution in [1.29, 1.82) is 0 Å². The van der Waals surface area contributed by atoms with Gasteiger partial charge in [0.25, 0.3) is 5.56 Å². The van der Waals surface area contributed by atoms with Crippen LogP contribution in [0.3, 0.4) is 0 Å². The third kappa shape index (κ3) is 4.99. The van der Waals surface area contributed by atoms with Crippen molar-refractivity contribution in [3.05, 3.63) is 86.7 Å². The molecule has 0 fully saturated rings. The van der Waals surface area contributed by atoms with Gasteiger partial charge in [0.05, 0.1) is 6.54 Å². The second-order valence-corrected chi connectivity index (χ2v) is 7.71. The fourth-order valence-corrected chi connectivity index (χ4v) is 3.81. The number of carbonyl (C=O) groups is 1. The molecule has 4 rings (SSSR count). The van der Waals surface area contributed by atoms with E-state index in [1.807, 2.05) is 0 Å². The number of amides is 1. The molecule has 0 spiro atoms. The van der Waals surface area contributed by atoms with Crippen molar-refractivity contribution in [3.8, 4) is 0 Å². The molecule has 1 atom stereocenters. The summed E-state index contributed by atoms with van der Waals surface area (Å²) in [4.78, 5) is 36.8. The Morgan fingerprint density at radius 3 is 2.71 bits per heavy atom. The van der Waals surface area contributed by atoms with Crippen LogP contribution in [0.4, 0.5) is 4.39 Å². The zero-order valence-electron chi connectivity index (χ0n) is 17.0. The number of hydrogen-bond donors (Lipinski definition) is 1. The number of halogens is 1. The smallest absolute Gasteiger partial charge is 0.346 e. The maximum Gasteiger partial charge on any atom is 0.346 e. The number of aryl methyl sites for hydroxylation is 2. The lowest BCUT2D eigenvalue weighted by Gasteiger charge is -2.16. The molecule has 1 aromatic carbocycles. The van der Waals surface area contributed by atoms with Crippen LogP contribution in [0.2, 0.25) is 0 Å². The van der Waals surface area contributed by atoms with Crippen molar-refractivity contribution in [2.75, 3.05) is 0 Å². The van der Waals surface area contributed by atoms with E-state index in [0.717, 1.165) is 5.56 Å². The van der Waals surface area contributed by atoms with Gasteiger partial charge < -0.3 is 9.88 Å². The van der Waals surface area contributed by atoms with Gasteiger partial charge in [-0.2, -0.15) is 5.10 Å². The molecule has 0 aliphatic carbocycles. The summed E-state index contributed by atoms with van der Waals surface area (Å²) in [6.45, 7) is 1.09. The van der Waals surface area contributed by atoms with E-state index >= 15 is 0 Å². The fraction of sp³-hybridized carbons (Fsp3) is 0.364. The topological polar surface area (TPSA) is 90.9 Å². The van der Waals surface area contributed by atoms with E-state index < -0.39 is 0 Å². The molecule has 1 N–H and O–H groups in total. The fourth-order valence-electron chi connectivity index (χ4n) is 3.81. The van der Waals surface area contributed by atoms with Crippen LogP contribution in [0.25, 0.3) is 0 Å². The Morgan fingerprint density at radius 2 is 1.94 bits per heavy atom. The van der Waals surface area contributed by atoms with E-state index in [1.54, 1.807) is 35.0 Å². The number of benzene rings is 1. The van der Waals surface area contributed by atoms with Crippen LogP contribution < -0.4 is 16.6 Å². The number of carbonyl (C=O) groups excluding carboxylic acids is 1. The van der Waals surface area contributed by atoms with Crippen molar-refractivity contribution in [2.45, 2.75) is 51.4 Å². The first kappa shape index (κ1) is 20.8. The van der Waals surface area contributed by atoms with E-state index in [0.29, 0.717) is 38.2 Å². The van der Waals surface area contributed by atoms with Crippen molar-refractivity contribution in [3.63, 3.8) is 0 Å². The largest absolute Gasteiger partial charge is 0.353 e. The molecule has 0 radical (unpaired) electrons. The van der Waals surface area contributed by atoms with Crippen LogP contribution in [0.5, 0.6) is 0 Å². The number of nitrogens with one attached hydrogen (secondary N) is 1. The SMILES string of the molecule is O=C(CCn1ccccc1=O)NC1CCc2nn(Cc3ccc(F)cc3)c(=O)n2CC1. The highest BCUT2D eigenvalue weighted by molar-refractivity contribution is 5.76. The van der Waals surface area contributed by atoms with Crippen molar-refractivity contribution >= 4 is 5.91 Å². The number of nitrogens with zero attached hydrogens (tertiary/aromatic N) is 4. The summed E-state index contributed by atoms with van der Waals surface area (Å²) in [7, 11) is 0. The first-order valence-electron chi connectivity index (χ1n) is 10.4. The Balaban J connectivity index is 1.33. The number of rotatable bonds is 6. The Labute approximate surface area is 177 Å². The molecule has 1 unspecified atom stereocenters. The number of aromatic nitrogens is 4. The number of pyridine rings is 1. The average molecular weight is 425 g/mol. The molecule has 1 aliphatic rings. The summed E-state index contributed by atoms with van der Waals surface area (Å²) >= 11 is 0. The lowest BCUT2D eigenvalue weighted by atomic mass is 10.1. The van der Waals surface area contributed by atoms with Crippen molar-refractivity contribution in [1.82, 2.24) is 24.2 Å². The monoisotopic (exact) mass is 425 g/mol. The molecule has 8 nitrogen and oxygen atoms in total. The third-order valence-electron chi connectivity index (χ3n) is 5.51. The first-order valence-corrected chi connectivity index (χ1v) is 10.4. The summed E-state index contributed by atoms with van der Waals surface area (Å²) in [6, 6.07) is 10.9. The minimum atomic E-state index is -0.319. The van der Waals surface area contributed by atoms with Gasteiger partial charge in [-0.25, -0.2) is 13.9 Å². The molecular formula is C22H24FN5O3. The van der Waals surface area contributed by atoms with E-state index in [2.05, 4.69) is 10.4 Å². The Morgan fingerprint density at radius 1 is 1.13 bits per heavy atom. The van der Waals surface area contributed by atoms with Gasteiger partial charge in [-0.05, 0) is 36.6 Å². The van der Waals surface area contributed by atoms with E-state index in [1.165, 1.54) is 27.4 Å². The Hall–Kier alpha value is -3.49. The Bertz CT molecular complexity index is 1180. The highest BCUT2D eigenvalue weighted by Crippen LogP contribution is 2.13. The summed E-state index contributed by atoms with van der Waals surface area (Å²) in [5.74, 6) is 0.259. The second kappa shape index (κ2) is 9.11. The van der Waals surface area contributed by atoms with Gasteiger partial charge in [-0.1, -0.05) is 18.2 Å². The maximum absolute atomic E-state index is 13.1. The molecule has 9 heteroatoms. The van der Waals surface area contributed by atoms with Crippen molar-refractivity contribution < 1.29 is 9.18 Å². The predicted octanol–water partition coefficient (Wildman–Crippen LogP) is 1.31. The van der Waals surface area contributed by atoms with Gasteiger partial charge in [0.1, 0.15) is 11.6 Å². The summed E-state index contributed by atoms with van der Waals surface area (Å²) in [6.07, 6.45) is 3.78. The minimum Gasteiger partial charge on any atom is -0.353 e. The van der Waals surface area contributed by atoms with E-state index in [9.17, 15) is 18.8 Å². The highest BCUT2D eigenvalue weighted by Gasteiger charge is 2.22. The van der Waals surface area contributed by atoms with Gasteiger partial charge in [-0.15, -0.1) is 0 Å². The van der Waals surface area contributed by atoms with Crippen LogP contribution in [0.1, 0.15) is 30.7 Å². The summed E-state index contributed by atoms with van der Waals surface area (Å²) in [5, 5.41) is 7.46. The molecule has 0 saturated heterocycles. The normalized spacial score (nSPS) is 15.8. The van der Waals surface area contributed by atoms with Crippen LogP contribution >= 0.6 is 0 Å². The molecule has 1 amide bonds. The Kier molecular flexibility index (Phi) is 6.11. The molecule has 3 heterocycles. The minimum absolute atomic E-state index is 0.0494. The van der Waals surface area contributed by atoms with Crippen molar-refractivity contribution in [2.24, 2.45) is 0 Å². The van der Waals surface area contributed by atoms with E-state index in [4.69, 9.17) is 0 Å². The number of fused-ring (bicyclic) bond motifs is 1. The predicted molar refractivity (Wildman–Crippen MR) is 112 cm³/mol. The molecule has 3 aromatic rings. The molecule has 2 aromatic heterocycles. The molecule has 31 heavy (non-hydrogen) atoms. The van der Waals surface area contributed by atoms with Gasteiger partial charge in [-0.3, -0.25) is 14.2 Å². The first-order chi connectivity index (χ1) is 15.0. The molecule has 1 aliphatic heterocycles. The van der Waals surface area contributed by atoms with Crippen LogP contribution in [-0.2, 0) is 30.8 Å². The standard InChI is InChI=1S/C22H24FN5O3/c23-17-6-4-16(5-7-17)15-28-22(31)27-14-10-18(8-9-19(27)25-28)24-20(29)11-13-26-12-2-1-3-21(26)30/h1-7,12,18H,8-11,13-15H2,(H,24,29). The lowest BCUT2D eigenvalue weighted by molar-refractivity contribution is -0.122. The van der Waals surface area contributed by atoms with Gasteiger partial charge in [0, 0.05) is 44.2 Å². The van der Waals surface area contributed by atoms with Gasteiger partial charge in [0.2, 0.25) is 5.91 Å². The molecular weight excluding hydrogens is 401 g/mol. The van der Waals surface area contributed by atoms with E-state index in [-0.39, 0.29) is 42.0 Å². The molecule has 162 valence electrons. The van der Waals surface area contributed by atoms with Crippen LogP contribution in [-0.4, -0.2) is 30.9 Å². The number of hydrogen-bond acceptors (Lipinski definition) is 4. The third-order valence-corrected chi connectivity index (χ3v) is 5.51. The molecule has 0 bridgehead atoms. The van der Waals surface area contributed by atoms with Gasteiger partial charge in [0.15, 0.2) is 0 Å². The maximum atomic E-state index is 13.1. The lowest BCUT2D eigenvalue weighted by Crippen LogP contribution is -2.36. The summed E-state index contributed by atoms with van der Waals surface area (Å²) < 4.78 is 17.6. The van der Waals surface area contributed by atoms with Crippen LogP contribution in [0, 0.1) is 5.82 Å². The summed E-state index contributed by atoms with van der Waals surface area (Å²) in [5.41, 5.74) is 0.473. The molecule has 0 saturated carbocycles.